The van der Waals surface area contributed by atoms with Crippen molar-refractivity contribution in [1.29, 1.82) is 0 Å². The highest BCUT2D eigenvalue weighted by Crippen LogP contribution is 2.29. The molecule has 2 aliphatic rings. The third-order valence-corrected chi connectivity index (χ3v) is 6.28. The first kappa shape index (κ1) is 13.9. The highest BCUT2D eigenvalue weighted by atomic mass is 32.2. The lowest BCUT2D eigenvalue weighted by Gasteiger charge is -2.41. The number of rotatable bonds is 2. The van der Waals surface area contributed by atoms with Crippen LogP contribution in [0, 0.1) is 0 Å². The number of aromatic hydroxyl groups is 1. The molecule has 2 unspecified atom stereocenters. The lowest BCUT2D eigenvalue weighted by atomic mass is 10.1. The van der Waals surface area contributed by atoms with Gasteiger partial charge in [0.1, 0.15) is 5.75 Å². The Morgan fingerprint density at radius 1 is 1.30 bits per heavy atom. The SMILES string of the molecule is CC1CN2CCCC2CN1S(=O)(=O)c1cccc(O)c1. The van der Waals surface area contributed by atoms with E-state index in [1.807, 2.05) is 6.92 Å². The highest BCUT2D eigenvalue weighted by Gasteiger charge is 2.40. The Hall–Kier alpha value is -1.11. The summed E-state index contributed by atoms with van der Waals surface area (Å²) in [6, 6.07) is 6.23. The van der Waals surface area contributed by atoms with E-state index in [2.05, 4.69) is 4.90 Å². The van der Waals surface area contributed by atoms with Crippen LogP contribution in [-0.4, -0.2) is 54.4 Å². The Morgan fingerprint density at radius 2 is 2.10 bits per heavy atom. The molecule has 1 aromatic rings. The van der Waals surface area contributed by atoms with Crippen molar-refractivity contribution in [3.63, 3.8) is 0 Å². The fourth-order valence-electron chi connectivity index (χ4n) is 3.27. The van der Waals surface area contributed by atoms with Gasteiger partial charge in [-0.3, -0.25) is 4.90 Å². The van der Waals surface area contributed by atoms with Crippen LogP contribution in [0.15, 0.2) is 29.2 Å². The topological polar surface area (TPSA) is 60.9 Å². The number of nitrogens with zero attached hydrogens (tertiary/aromatic N) is 2. The Kier molecular flexibility index (Phi) is 3.48. The first-order valence-corrected chi connectivity index (χ1v) is 8.47. The molecule has 1 N–H and O–H groups in total. The molecule has 5 nitrogen and oxygen atoms in total. The first-order chi connectivity index (χ1) is 9.48. The predicted molar refractivity (Wildman–Crippen MR) is 76.1 cm³/mol. The van der Waals surface area contributed by atoms with Gasteiger partial charge >= 0.3 is 0 Å². The maximum Gasteiger partial charge on any atom is 0.243 e. The zero-order chi connectivity index (χ0) is 14.3. The van der Waals surface area contributed by atoms with Gasteiger partial charge in [0.15, 0.2) is 0 Å². The monoisotopic (exact) mass is 296 g/mol. The molecule has 0 spiro atoms. The maximum atomic E-state index is 12.7. The standard InChI is InChI=1S/C14H20N2O3S/c1-11-9-15-7-3-4-12(15)10-16(11)20(18,19)14-6-2-5-13(17)8-14/h2,5-6,8,11-12,17H,3-4,7,9-10H2,1H3. The molecule has 2 atom stereocenters. The van der Waals surface area contributed by atoms with Crippen molar-refractivity contribution in [2.45, 2.75) is 36.7 Å². The molecule has 0 saturated carbocycles. The van der Waals surface area contributed by atoms with Crippen molar-refractivity contribution >= 4 is 10.0 Å². The van der Waals surface area contributed by atoms with Gasteiger partial charge in [-0.1, -0.05) is 6.07 Å². The van der Waals surface area contributed by atoms with Crippen LogP contribution in [0.25, 0.3) is 0 Å². The van der Waals surface area contributed by atoms with Crippen molar-refractivity contribution in [3.8, 4) is 5.75 Å². The van der Waals surface area contributed by atoms with Crippen LogP contribution in [-0.2, 0) is 10.0 Å². The second kappa shape index (κ2) is 5.02. The van der Waals surface area contributed by atoms with Crippen LogP contribution in [0.3, 0.4) is 0 Å². The smallest absolute Gasteiger partial charge is 0.243 e. The molecule has 6 heteroatoms. The van der Waals surface area contributed by atoms with Crippen LogP contribution in [0.4, 0.5) is 0 Å². The van der Waals surface area contributed by atoms with Crippen molar-refractivity contribution in [3.05, 3.63) is 24.3 Å². The second-order valence-corrected chi connectivity index (χ2v) is 7.60. The third-order valence-electron chi connectivity index (χ3n) is 4.30. The molecule has 2 aliphatic heterocycles. The van der Waals surface area contributed by atoms with E-state index in [-0.39, 0.29) is 16.7 Å². The van der Waals surface area contributed by atoms with Crippen molar-refractivity contribution < 1.29 is 13.5 Å². The quantitative estimate of drug-likeness (QED) is 0.892. The molecular weight excluding hydrogens is 276 g/mol. The average Bonchev–Trinajstić information content (AvgIpc) is 2.84. The van der Waals surface area contributed by atoms with Crippen LogP contribution in [0.1, 0.15) is 19.8 Å². The van der Waals surface area contributed by atoms with Gasteiger partial charge in [-0.05, 0) is 44.5 Å². The summed E-state index contributed by atoms with van der Waals surface area (Å²) >= 11 is 0. The molecule has 0 radical (unpaired) electrons. The Labute approximate surface area is 119 Å². The lowest BCUT2D eigenvalue weighted by molar-refractivity contribution is 0.117. The van der Waals surface area contributed by atoms with Gasteiger partial charge in [0, 0.05) is 25.2 Å². The first-order valence-electron chi connectivity index (χ1n) is 7.03. The minimum Gasteiger partial charge on any atom is -0.508 e. The van der Waals surface area contributed by atoms with Crippen LogP contribution >= 0.6 is 0 Å². The van der Waals surface area contributed by atoms with Gasteiger partial charge in [-0.15, -0.1) is 0 Å². The van der Waals surface area contributed by atoms with E-state index in [1.165, 1.54) is 12.1 Å². The fraction of sp³-hybridized carbons (Fsp3) is 0.571. The largest absolute Gasteiger partial charge is 0.508 e. The predicted octanol–water partition coefficient (Wildman–Crippen LogP) is 1.25. The molecule has 2 heterocycles. The minimum atomic E-state index is -3.53. The summed E-state index contributed by atoms with van der Waals surface area (Å²) in [5.41, 5.74) is 0. The summed E-state index contributed by atoms with van der Waals surface area (Å²) in [4.78, 5) is 2.56. The summed E-state index contributed by atoms with van der Waals surface area (Å²) in [6.07, 6.45) is 2.22. The molecule has 0 aliphatic carbocycles. The Bertz CT molecular complexity index is 602. The summed E-state index contributed by atoms with van der Waals surface area (Å²) < 4.78 is 27.1. The van der Waals surface area contributed by atoms with E-state index < -0.39 is 10.0 Å². The van der Waals surface area contributed by atoms with Crippen molar-refractivity contribution in [1.82, 2.24) is 9.21 Å². The normalized spacial score (nSPS) is 28.4. The van der Waals surface area contributed by atoms with Gasteiger partial charge in [-0.2, -0.15) is 4.31 Å². The second-order valence-electron chi connectivity index (χ2n) is 5.71. The van der Waals surface area contributed by atoms with Crippen molar-refractivity contribution in [2.75, 3.05) is 19.6 Å². The average molecular weight is 296 g/mol. The van der Waals surface area contributed by atoms with Gasteiger partial charge in [0.25, 0.3) is 0 Å². The number of sulfonamides is 1. The molecular formula is C14H20N2O3S. The Morgan fingerprint density at radius 3 is 2.85 bits per heavy atom. The third kappa shape index (κ3) is 2.32. The molecule has 2 fully saturated rings. The zero-order valence-electron chi connectivity index (χ0n) is 11.6. The van der Waals surface area contributed by atoms with Gasteiger partial charge < -0.3 is 5.11 Å². The minimum absolute atomic E-state index is 0.0155. The molecule has 1 aromatic carbocycles. The van der Waals surface area contributed by atoms with Gasteiger partial charge in [-0.25, -0.2) is 8.42 Å². The van der Waals surface area contributed by atoms with E-state index in [0.29, 0.717) is 12.6 Å². The van der Waals surface area contributed by atoms with E-state index >= 15 is 0 Å². The van der Waals surface area contributed by atoms with E-state index in [1.54, 1.807) is 16.4 Å². The molecule has 0 amide bonds. The zero-order valence-corrected chi connectivity index (χ0v) is 12.4. The van der Waals surface area contributed by atoms with Crippen molar-refractivity contribution in [2.24, 2.45) is 0 Å². The molecule has 0 aromatic heterocycles. The van der Waals surface area contributed by atoms with Gasteiger partial charge in [0.2, 0.25) is 10.0 Å². The number of piperazine rings is 1. The number of phenols is 1. The summed E-state index contributed by atoms with van der Waals surface area (Å²) in [7, 11) is -3.53. The lowest BCUT2D eigenvalue weighted by Crippen LogP contribution is -2.56. The summed E-state index contributed by atoms with van der Waals surface area (Å²) in [5, 5.41) is 9.50. The van der Waals surface area contributed by atoms with Crippen LogP contribution < -0.4 is 0 Å². The van der Waals surface area contributed by atoms with Crippen LogP contribution in [0.2, 0.25) is 0 Å². The number of phenolic OH excluding ortho intramolecular Hbond substituents is 1. The maximum absolute atomic E-state index is 12.7. The van der Waals surface area contributed by atoms with E-state index in [9.17, 15) is 13.5 Å². The summed E-state index contributed by atoms with van der Waals surface area (Å²) in [6.45, 7) is 4.38. The van der Waals surface area contributed by atoms with Gasteiger partial charge in [0.05, 0.1) is 4.90 Å². The number of fused-ring (bicyclic) bond motifs is 1. The highest BCUT2D eigenvalue weighted by molar-refractivity contribution is 7.89. The number of hydrogen-bond donors (Lipinski definition) is 1. The molecule has 0 bridgehead atoms. The molecule has 2 saturated heterocycles. The number of benzene rings is 1. The Balaban J connectivity index is 1.90. The molecule has 110 valence electrons. The molecule has 20 heavy (non-hydrogen) atoms. The molecule has 3 rings (SSSR count). The van der Waals surface area contributed by atoms with E-state index in [0.717, 1.165) is 25.9 Å². The fourth-order valence-corrected chi connectivity index (χ4v) is 4.97. The number of hydrogen-bond acceptors (Lipinski definition) is 4. The van der Waals surface area contributed by atoms with Crippen LogP contribution in [0.5, 0.6) is 5.75 Å². The summed E-state index contributed by atoms with van der Waals surface area (Å²) in [5.74, 6) is -0.0155. The van der Waals surface area contributed by atoms with E-state index in [4.69, 9.17) is 0 Å².